The normalized spacial score (nSPS) is 21.5. The molecule has 22 heavy (non-hydrogen) atoms. The lowest BCUT2D eigenvalue weighted by atomic mass is 10.0. The van der Waals surface area contributed by atoms with Crippen molar-refractivity contribution >= 4 is 12.3 Å². The standard InChI is InChI=1S/C16H25N3O3/c1-16(2,3)22-15(20)18-8-10-21-12-5-6-13-14(11-12)19(4)9-7-17-13/h5-7,14H,8-11H2,1-4H3,(H,18,20). The highest BCUT2D eigenvalue weighted by Crippen LogP contribution is 2.26. The molecule has 1 aliphatic carbocycles. The van der Waals surface area contributed by atoms with Gasteiger partial charge in [0.15, 0.2) is 0 Å². The van der Waals surface area contributed by atoms with E-state index < -0.39 is 11.7 Å². The van der Waals surface area contributed by atoms with E-state index in [0.717, 1.165) is 24.4 Å². The van der Waals surface area contributed by atoms with Crippen LogP contribution in [0.4, 0.5) is 4.79 Å². The van der Waals surface area contributed by atoms with E-state index in [4.69, 9.17) is 9.47 Å². The minimum atomic E-state index is -0.482. The van der Waals surface area contributed by atoms with Crippen molar-refractivity contribution in [2.45, 2.75) is 38.8 Å². The van der Waals surface area contributed by atoms with Gasteiger partial charge in [0.25, 0.3) is 0 Å². The number of nitrogens with zero attached hydrogens (tertiary/aromatic N) is 2. The zero-order valence-electron chi connectivity index (χ0n) is 13.8. The number of nitrogens with one attached hydrogen (secondary N) is 1. The van der Waals surface area contributed by atoms with Crippen LogP contribution in [0.5, 0.6) is 0 Å². The van der Waals surface area contributed by atoms with E-state index in [1.54, 1.807) is 0 Å². The Morgan fingerprint density at radius 1 is 1.45 bits per heavy atom. The minimum absolute atomic E-state index is 0.281. The lowest BCUT2D eigenvalue weighted by molar-refractivity contribution is 0.0511. The molecule has 1 amide bonds. The Hall–Kier alpha value is -1.82. The topological polar surface area (TPSA) is 63.2 Å². The number of carbonyl (C=O) groups is 1. The third-order valence-corrected chi connectivity index (χ3v) is 3.38. The molecular weight excluding hydrogens is 282 g/mol. The number of ether oxygens (including phenoxy) is 2. The monoisotopic (exact) mass is 307 g/mol. The molecule has 0 saturated carbocycles. The summed E-state index contributed by atoms with van der Waals surface area (Å²) in [5, 5.41) is 2.68. The van der Waals surface area contributed by atoms with Crippen LogP contribution in [-0.4, -0.2) is 55.6 Å². The molecule has 6 nitrogen and oxygen atoms in total. The number of allylic oxidation sites excluding steroid dienone is 2. The van der Waals surface area contributed by atoms with Gasteiger partial charge >= 0.3 is 6.09 Å². The molecule has 0 fully saturated rings. The highest BCUT2D eigenvalue weighted by Gasteiger charge is 2.25. The Labute approximate surface area is 131 Å². The number of likely N-dealkylation sites (N-methyl/N-ethyl adjacent to an activating group) is 1. The highest BCUT2D eigenvalue weighted by atomic mass is 16.6. The van der Waals surface area contributed by atoms with Crippen molar-refractivity contribution in [1.82, 2.24) is 10.2 Å². The Morgan fingerprint density at radius 3 is 2.95 bits per heavy atom. The van der Waals surface area contributed by atoms with Gasteiger partial charge in [-0.3, -0.25) is 9.89 Å². The van der Waals surface area contributed by atoms with Gasteiger partial charge in [-0.15, -0.1) is 0 Å². The van der Waals surface area contributed by atoms with Crippen molar-refractivity contribution in [2.75, 3.05) is 26.7 Å². The van der Waals surface area contributed by atoms with Gasteiger partial charge in [-0.05, 0) is 40.0 Å². The maximum Gasteiger partial charge on any atom is 0.407 e. The summed E-state index contributed by atoms with van der Waals surface area (Å²) in [5.74, 6) is 0.920. The molecule has 122 valence electrons. The summed E-state index contributed by atoms with van der Waals surface area (Å²) in [4.78, 5) is 18.2. The molecule has 0 bridgehead atoms. The first-order valence-corrected chi connectivity index (χ1v) is 7.58. The van der Waals surface area contributed by atoms with Crippen molar-refractivity contribution in [3.8, 4) is 0 Å². The Kier molecular flexibility index (Phi) is 5.24. The first-order chi connectivity index (χ1) is 10.3. The van der Waals surface area contributed by atoms with E-state index in [-0.39, 0.29) is 6.04 Å². The molecule has 1 N–H and O–H groups in total. The summed E-state index contributed by atoms with van der Waals surface area (Å²) >= 11 is 0. The fourth-order valence-electron chi connectivity index (χ4n) is 2.32. The van der Waals surface area contributed by atoms with Crippen molar-refractivity contribution in [3.63, 3.8) is 0 Å². The second kappa shape index (κ2) is 6.96. The SMILES string of the molecule is CN1CC=NC2=CC=C(OCCNC(=O)OC(C)(C)C)CC21. The number of hydrogen-bond donors (Lipinski definition) is 1. The van der Waals surface area contributed by atoms with Crippen LogP contribution in [0.2, 0.25) is 0 Å². The van der Waals surface area contributed by atoms with Crippen molar-refractivity contribution in [1.29, 1.82) is 0 Å². The van der Waals surface area contributed by atoms with Crippen molar-refractivity contribution in [2.24, 2.45) is 4.99 Å². The van der Waals surface area contributed by atoms with Crippen molar-refractivity contribution in [3.05, 3.63) is 23.6 Å². The Morgan fingerprint density at radius 2 is 2.23 bits per heavy atom. The molecule has 0 spiro atoms. The first-order valence-electron chi connectivity index (χ1n) is 7.58. The molecule has 1 atom stereocenters. The number of rotatable bonds is 4. The number of fused-ring (bicyclic) bond motifs is 1. The molecule has 0 saturated heterocycles. The number of aliphatic imine (C=N–C) groups is 1. The van der Waals surface area contributed by atoms with Gasteiger partial charge in [-0.25, -0.2) is 4.79 Å². The third-order valence-electron chi connectivity index (χ3n) is 3.38. The minimum Gasteiger partial charge on any atom is -0.496 e. The van der Waals surface area contributed by atoms with Crippen LogP contribution in [0.3, 0.4) is 0 Å². The molecule has 0 aromatic heterocycles. The van der Waals surface area contributed by atoms with Gasteiger partial charge < -0.3 is 14.8 Å². The molecule has 1 aliphatic heterocycles. The molecule has 1 heterocycles. The van der Waals surface area contributed by atoms with E-state index in [1.165, 1.54) is 0 Å². The summed E-state index contributed by atoms with van der Waals surface area (Å²) in [6.45, 7) is 7.21. The van der Waals surface area contributed by atoms with E-state index in [0.29, 0.717) is 13.2 Å². The van der Waals surface area contributed by atoms with Crippen LogP contribution in [-0.2, 0) is 9.47 Å². The van der Waals surface area contributed by atoms with E-state index in [9.17, 15) is 4.79 Å². The van der Waals surface area contributed by atoms with Gasteiger partial charge in [-0.2, -0.15) is 0 Å². The van der Waals surface area contributed by atoms with Gasteiger partial charge in [0, 0.05) is 19.2 Å². The van der Waals surface area contributed by atoms with Crippen LogP contribution in [0.25, 0.3) is 0 Å². The highest BCUT2D eigenvalue weighted by molar-refractivity contribution is 5.67. The van der Waals surface area contributed by atoms with Gasteiger partial charge in [0.05, 0.1) is 24.0 Å². The van der Waals surface area contributed by atoms with Crippen molar-refractivity contribution < 1.29 is 14.3 Å². The number of hydrogen-bond acceptors (Lipinski definition) is 5. The largest absolute Gasteiger partial charge is 0.496 e. The summed E-state index contributed by atoms with van der Waals surface area (Å²) < 4.78 is 10.9. The average molecular weight is 307 g/mol. The summed E-state index contributed by atoms with van der Waals surface area (Å²) in [7, 11) is 2.08. The second-order valence-corrected chi connectivity index (χ2v) is 6.47. The smallest absolute Gasteiger partial charge is 0.407 e. The van der Waals surface area contributed by atoms with Crippen LogP contribution in [0.1, 0.15) is 27.2 Å². The first kappa shape index (κ1) is 16.5. The molecular formula is C16H25N3O3. The second-order valence-electron chi connectivity index (χ2n) is 6.47. The summed E-state index contributed by atoms with van der Waals surface area (Å²) in [6.07, 6.45) is 6.27. The maximum absolute atomic E-state index is 11.5. The predicted octanol–water partition coefficient (Wildman–Crippen LogP) is 2.08. The van der Waals surface area contributed by atoms with E-state index in [2.05, 4.69) is 22.3 Å². The summed E-state index contributed by atoms with van der Waals surface area (Å²) in [5.41, 5.74) is 0.595. The zero-order valence-corrected chi connectivity index (χ0v) is 13.8. The molecule has 0 radical (unpaired) electrons. The lowest BCUT2D eigenvalue weighted by Crippen LogP contribution is -2.39. The number of amides is 1. The molecule has 6 heteroatoms. The molecule has 2 aliphatic rings. The van der Waals surface area contributed by atoms with Crippen LogP contribution < -0.4 is 5.32 Å². The number of carbonyl (C=O) groups excluding carboxylic acids is 1. The fourth-order valence-corrected chi connectivity index (χ4v) is 2.32. The average Bonchev–Trinajstić information content (AvgIpc) is 2.42. The molecule has 0 aromatic rings. The van der Waals surface area contributed by atoms with Gasteiger partial charge in [-0.1, -0.05) is 0 Å². The maximum atomic E-state index is 11.5. The molecule has 1 unspecified atom stereocenters. The fraction of sp³-hybridized carbons (Fsp3) is 0.625. The third kappa shape index (κ3) is 4.87. The van der Waals surface area contributed by atoms with Crippen LogP contribution >= 0.6 is 0 Å². The van der Waals surface area contributed by atoms with Crippen LogP contribution in [0.15, 0.2) is 28.6 Å². The predicted molar refractivity (Wildman–Crippen MR) is 85.9 cm³/mol. The molecule has 0 aromatic carbocycles. The Balaban J connectivity index is 1.72. The van der Waals surface area contributed by atoms with Gasteiger partial charge in [0.2, 0.25) is 0 Å². The Bertz CT molecular complexity index is 503. The number of alkyl carbamates (subject to hydrolysis) is 1. The van der Waals surface area contributed by atoms with E-state index in [1.807, 2.05) is 39.1 Å². The van der Waals surface area contributed by atoms with Crippen LogP contribution in [0, 0.1) is 0 Å². The zero-order chi connectivity index (χ0) is 16.2. The van der Waals surface area contributed by atoms with Gasteiger partial charge in [0.1, 0.15) is 12.2 Å². The lowest BCUT2D eigenvalue weighted by Gasteiger charge is -2.32. The summed E-state index contributed by atoms with van der Waals surface area (Å²) in [6, 6.07) is 0.281. The quantitative estimate of drug-likeness (QED) is 0.808. The van der Waals surface area contributed by atoms with E-state index >= 15 is 0 Å². The molecule has 2 rings (SSSR count).